The molecule has 218 valence electrons. The van der Waals surface area contributed by atoms with Crippen LogP contribution in [0.15, 0.2) is 71.9 Å². The molecule has 1 saturated carbocycles. The summed E-state index contributed by atoms with van der Waals surface area (Å²) in [6.45, 7) is 2.01. The SMILES string of the molecule is COc1ccc(S[C@]2(C(=O)N3CCN(c4ncccn4)CC3)CC(=O)N(C(=O)C3CC3)[C@@H]2c2ccc(OC)cc2)cc1. The van der Waals surface area contributed by atoms with Crippen molar-refractivity contribution in [3.8, 4) is 11.5 Å². The van der Waals surface area contributed by atoms with Crippen LogP contribution in [0.5, 0.6) is 11.5 Å². The van der Waals surface area contributed by atoms with E-state index in [1.165, 1.54) is 16.7 Å². The maximum Gasteiger partial charge on any atom is 0.242 e. The van der Waals surface area contributed by atoms with Gasteiger partial charge in [-0.05, 0) is 60.9 Å². The fourth-order valence-corrected chi connectivity index (χ4v) is 7.21. The number of likely N-dealkylation sites (tertiary alicyclic amines) is 1. The number of rotatable bonds is 8. The number of anilines is 1. The van der Waals surface area contributed by atoms with E-state index in [-0.39, 0.29) is 30.1 Å². The van der Waals surface area contributed by atoms with Gasteiger partial charge in [-0.25, -0.2) is 9.97 Å². The lowest BCUT2D eigenvalue weighted by atomic mass is 9.90. The van der Waals surface area contributed by atoms with Crippen LogP contribution in [0.1, 0.15) is 30.9 Å². The second-order valence-electron chi connectivity index (χ2n) is 10.7. The zero-order valence-electron chi connectivity index (χ0n) is 23.6. The second-order valence-corrected chi connectivity index (χ2v) is 12.1. The first-order valence-corrected chi connectivity index (χ1v) is 14.9. The number of piperazine rings is 1. The Bertz CT molecular complexity index is 1440. The average molecular weight is 588 g/mol. The molecule has 3 aliphatic rings. The van der Waals surface area contributed by atoms with Crippen molar-refractivity contribution in [2.45, 2.75) is 34.9 Å². The molecular weight excluding hydrogens is 554 g/mol. The molecule has 6 rings (SSSR count). The third-order valence-electron chi connectivity index (χ3n) is 8.10. The lowest BCUT2D eigenvalue weighted by Gasteiger charge is -2.42. The fraction of sp³-hybridized carbons (Fsp3) is 0.387. The number of imide groups is 1. The van der Waals surface area contributed by atoms with Crippen LogP contribution < -0.4 is 14.4 Å². The predicted octanol–water partition coefficient (Wildman–Crippen LogP) is 3.58. The zero-order chi connectivity index (χ0) is 29.3. The number of hydrogen-bond acceptors (Lipinski definition) is 9. The average Bonchev–Trinajstić information content (AvgIpc) is 3.85. The Morgan fingerprint density at radius 1 is 0.881 bits per heavy atom. The predicted molar refractivity (Wildman–Crippen MR) is 157 cm³/mol. The van der Waals surface area contributed by atoms with Crippen LogP contribution in [0.25, 0.3) is 0 Å². The molecule has 3 fully saturated rings. The van der Waals surface area contributed by atoms with Gasteiger partial charge in [-0.3, -0.25) is 19.3 Å². The minimum atomic E-state index is -1.27. The molecule has 10 nitrogen and oxygen atoms in total. The largest absolute Gasteiger partial charge is 0.497 e. The fourth-order valence-electron chi connectivity index (χ4n) is 5.75. The summed E-state index contributed by atoms with van der Waals surface area (Å²) in [4.78, 5) is 57.1. The molecule has 2 aliphatic heterocycles. The van der Waals surface area contributed by atoms with E-state index in [9.17, 15) is 14.4 Å². The highest BCUT2D eigenvalue weighted by atomic mass is 32.2. The first-order valence-electron chi connectivity index (χ1n) is 14.1. The van der Waals surface area contributed by atoms with Crippen molar-refractivity contribution in [3.05, 3.63) is 72.6 Å². The smallest absolute Gasteiger partial charge is 0.242 e. The summed E-state index contributed by atoms with van der Waals surface area (Å²) >= 11 is 1.36. The van der Waals surface area contributed by atoms with Gasteiger partial charge in [0.1, 0.15) is 16.2 Å². The summed E-state index contributed by atoms with van der Waals surface area (Å²) in [5, 5.41) is 0. The molecule has 0 unspecified atom stereocenters. The number of hydrogen-bond donors (Lipinski definition) is 0. The van der Waals surface area contributed by atoms with E-state index in [0.717, 1.165) is 23.3 Å². The summed E-state index contributed by atoms with van der Waals surface area (Å²) in [5.74, 6) is 1.12. The van der Waals surface area contributed by atoms with Gasteiger partial charge in [0, 0.05) is 49.4 Å². The van der Waals surface area contributed by atoms with E-state index < -0.39 is 10.8 Å². The van der Waals surface area contributed by atoms with Crippen LogP contribution >= 0.6 is 11.8 Å². The molecular formula is C31H33N5O5S. The number of aromatic nitrogens is 2. The number of ether oxygens (including phenoxy) is 2. The topological polar surface area (TPSA) is 105 Å². The number of thioether (sulfide) groups is 1. The van der Waals surface area contributed by atoms with Crippen LogP contribution in [0.4, 0.5) is 5.95 Å². The monoisotopic (exact) mass is 587 g/mol. The number of amides is 3. The maximum atomic E-state index is 14.8. The van der Waals surface area contributed by atoms with Gasteiger partial charge in [0.05, 0.1) is 26.7 Å². The molecule has 0 bridgehead atoms. The van der Waals surface area contributed by atoms with Crippen molar-refractivity contribution in [2.24, 2.45) is 5.92 Å². The summed E-state index contributed by atoms with van der Waals surface area (Å²) < 4.78 is 9.46. The van der Waals surface area contributed by atoms with Crippen molar-refractivity contribution in [3.63, 3.8) is 0 Å². The van der Waals surface area contributed by atoms with E-state index in [1.807, 2.05) is 53.4 Å². The summed E-state index contributed by atoms with van der Waals surface area (Å²) in [5.41, 5.74) is 0.723. The molecule has 2 saturated heterocycles. The molecule has 3 heterocycles. The number of benzene rings is 2. The van der Waals surface area contributed by atoms with E-state index in [2.05, 4.69) is 14.9 Å². The normalized spacial score (nSPS) is 22.3. The lowest BCUT2D eigenvalue weighted by molar-refractivity contribution is -0.145. The molecule has 0 N–H and O–H groups in total. The first-order chi connectivity index (χ1) is 20.4. The molecule has 2 atom stereocenters. The van der Waals surface area contributed by atoms with Crippen molar-refractivity contribution < 1.29 is 23.9 Å². The summed E-state index contributed by atoms with van der Waals surface area (Å²) in [6, 6.07) is 15.8. The van der Waals surface area contributed by atoms with Crippen LogP contribution in [-0.4, -0.2) is 82.6 Å². The van der Waals surface area contributed by atoms with Gasteiger partial charge in [0.25, 0.3) is 0 Å². The van der Waals surface area contributed by atoms with E-state index >= 15 is 0 Å². The minimum Gasteiger partial charge on any atom is -0.497 e. The van der Waals surface area contributed by atoms with Crippen LogP contribution in [0.2, 0.25) is 0 Å². The summed E-state index contributed by atoms with van der Waals surface area (Å²) in [6.07, 6.45) is 4.84. The Labute approximate surface area is 249 Å². The van der Waals surface area contributed by atoms with Crippen molar-refractivity contribution in [1.29, 1.82) is 0 Å². The standard InChI is InChI=1S/C31H33N5O5S/c1-40-23-8-6-21(7-9-23)27-31(42-25-12-10-24(41-2)11-13-25,20-26(37)36(27)28(38)22-4-5-22)29(39)34-16-18-35(19-17-34)30-32-14-3-15-33-30/h3,6-15,22,27H,4-5,16-20H2,1-2H3/t27-,31-/m1/s1. The van der Waals surface area contributed by atoms with Gasteiger partial charge in [-0.15, -0.1) is 11.8 Å². The molecule has 0 radical (unpaired) electrons. The maximum absolute atomic E-state index is 14.8. The highest BCUT2D eigenvalue weighted by Crippen LogP contribution is 2.55. The molecule has 0 spiro atoms. The molecule has 1 aromatic heterocycles. The van der Waals surface area contributed by atoms with E-state index in [1.54, 1.807) is 32.7 Å². The molecule has 3 amide bonds. The highest BCUT2D eigenvalue weighted by Gasteiger charge is 2.62. The quantitative estimate of drug-likeness (QED) is 0.366. The first kappa shape index (κ1) is 28.0. The van der Waals surface area contributed by atoms with E-state index in [4.69, 9.17) is 9.47 Å². The van der Waals surface area contributed by atoms with Crippen molar-refractivity contribution in [1.82, 2.24) is 19.8 Å². The number of carbonyl (C=O) groups excluding carboxylic acids is 3. The molecule has 2 aromatic carbocycles. The second kappa shape index (κ2) is 11.6. The highest BCUT2D eigenvalue weighted by molar-refractivity contribution is 8.01. The van der Waals surface area contributed by atoms with Crippen molar-refractivity contribution >= 4 is 35.4 Å². The Hall–Kier alpha value is -4.12. The number of carbonyl (C=O) groups is 3. The lowest BCUT2D eigenvalue weighted by Crippen LogP contribution is -2.56. The molecule has 3 aromatic rings. The number of methoxy groups -OCH3 is 2. The van der Waals surface area contributed by atoms with Gasteiger partial charge >= 0.3 is 0 Å². The molecule has 1 aliphatic carbocycles. The Morgan fingerprint density at radius 3 is 2.05 bits per heavy atom. The Morgan fingerprint density at radius 2 is 1.48 bits per heavy atom. The van der Waals surface area contributed by atoms with E-state index in [0.29, 0.717) is 43.6 Å². The third kappa shape index (κ3) is 5.29. The minimum absolute atomic E-state index is 0.0836. The van der Waals surface area contributed by atoms with Crippen LogP contribution in [0, 0.1) is 5.92 Å². The molecule has 11 heteroatoms. The van der Waals surface area contributed by atoms with Gasteiger partial charge < -0.3 is 19.3 Å². The van der Waals surface area contributed by atoms with Gasteiger partial charge in [-0.2, -0.15) is 0 Å². The van der Waals surface area contributed by atoms with Crippen LogP contribution in [0.3, 0.4) is 0 Å². The van der Waals surface area contributed by atoms with Gasteiger partial charge in [0.2, 0.25) is 23.7 Å². The van der Waals surface area contributed by atoms with Gasteiger partial charge in [0.15, 0.2) is 0 Å². The number of nitrogens with zero attached hydrogens (tertiary/aromatic N) is 5. The zero-order valence-corrected chi connectivity index (χ0v) is 24.5. The van der Waals surface area contributed by atoms with Gasteiger partial charge in [-0.1, -0.05) is 12.1 Å². The third-order valence-corrected chi connectivity index (χ3v) is 9.52. The summed E-state index contributed by atoms with van der Waals surface area (Å²) in [7, 11) is 3.19. The van der Waals surface area contributed by atoms with Crippen LogP contribution in [-0.2, 0) is 14.4 Å². The Kier molecular flexibility index (Phi) is 7.76. The Balaban J connectivity index is 1.40. The van der Waals surface area contributed by atoms with Crippen molar-refractivity contribution in [2.75, 3.05) is 45.3 Å². The molecule has 42 heavy (non-hydrogen) atoms.